The van der Waals surface area contributed by atoms with Gasteiger partial charge < -0.3 is 15.8 Å². The number of rotatable bonds is 4. The molecule has 0 unspecified atom stereocenters. The van der Waals surface area contributed by atoms with Gasteiger partial charge in [-0.2, -0.15) is 0 Å². The van der Waals surface area contributed by atoms with Crippen molar-refractivity contribution in [1.82, 2.24) is 0 Å². The normalized spacial score (nSPS) is 10.3. The molecular formula is C15H17ClN2O. The highest BCUT2D eigenvalue weighted by Crippen LogP contribution is 2.28. The van der Waals surface area contributed by atoms with Gasteiger partial charge in [-0.25, -0.2) is 0 Å². The van der Waals surface area contributed by atoms with Gasteiger partial charge in [0.15, 0.2) is 0 Å². The third-order valence-corrected chi connectivity index (χ3v) is 3.43. The molecule has 0 bridgehead atoms. The average Bonchev–Trinajstić information content (AvgIpc) is 2.41. The first kappa shape index (κ1) is 13.6. The molecular weight excluding hydrogens is 260 g/mol. The largest absolute Gasteiger partial charge is 0.496 e. The standard InChI is InChI=1S/C15H17ClN2O/c1-10-5-3-7-13(15(10)17)18-9-11-12(16)6-4-8-14(11)19-2/h3-8,18H,9,17H2,1-2H3. The van der Waals surface area contributed by atoms with Crippen LogP contribution in [0.15, 0.2) is 36.4 Å². The van der Waals surface area contributed by atoms with Crippen LogP contribution in [0.2, 0.25) is 5.02 Å². The Morgan fingerprint density at radius 2 is 1.95 bits per heavy atom. The van der Waals surface area contributed by atoms with Crippen LogP contribution in [0.3, 0.4) is 0 Å². The second-order valence-corrected chi connectivity index (χ2v) is 4.72. The second-order valence-electron chi connectivity index (χ2n) is 4.31. The molecule has 3 nitrogen and oxygen atoms in total. The summed E-state index contributed by atoms with van der Waals surface area (Å²) < 4.78 is 5.31. The fourth-order valence-corrected chi connectivity index (χ4v) is 2.15. The Balaban J connectivity index is 2.21. The molecule has 19 heavy (non-hydrogen) atoms. The van der Waals surface area contributed by atoms with Crippen molar-refractivity contribution in [3.8, 4) is 5.75 Å². The molecule has 0 saturated carbocycles. The van der Waals surface area contributed by atoms with Crippen molar-refractivity contribution in [2.24, 2.45) is 0 Å². The Labute approximate surface area is 118 Å². The maximum atomic E-state index is 6.19. The molecule has 0 fully saturated rings. The van der Waals surface area contributed by atoms with Gasteiger partial charge in [-0.15, -0.1) is 0 Å². The maximum Gasteiger partial charge on any atom is 0.125 e. The fraction of sp³-hybridized carbons (Fsp3) is 0.200. The van der Waals surface area contributed by atoms with Gasteiger partial charge in [0.2, 0.25) is 0 Å². The van der Waals surface area contributed by atoms with E-state index in [0.717, 1.165) is 28.3 Å². The van der Waals surface area contributed by atoms with Crippen molar-refractivity contribution in [1.29, 1.82) is 0 Å². The van der Waals surface area contributed by atoms with Crippen molar-refractivity contribution in [2.75, 3.05) is 18.2 Å². The van der Waals surface area contributed by atoms with Gasteiger partial charge in [-0.3, -0.25) is 0 Å². The Morgan fingerprint density at radius 3 is 2.68 bits per heavy atom. The van der Waals surface area contributed by atoms with E-state index in [0.29, 0.717) is 11.6 Å². The van der Waals surface area contributed by atoms with Crippen molar-refractivity contribution in [3.05, 3.63) is 52.5 Å². The summed E-state index contributed by atoms with van der Waals surface area (Å²) in [4.78, 5) is 0. The molecule has 0 aromatic heterocycles. The van der Waals surface area contributed by atoms with Crippen LogP contribution in [-0.4, -0.2) is 7.11 Å². The number of methoxy groups -OCH3 is 1. The lowest BCUT2D eigenvalue weighted by Crippen LogP contribution is -2.05. The van der Waals surface area contributed by atoms with Crippen LogP contribution < -0.4 is 15.8 Å². The molecule has 0 aliphatic carbocycles. The van der Waals surface area contributed by atoms with E-state index in [4.69, 9.17) is 22.1 Å². The van der Waals surface area contributed by atoms with Crippen LogP contribution in [0.4, 0.5) is 11.4 Å². The number of hydrogen-bond donors (Lipinski definition) is 2. The third-order valence-electron chi connectivity index (χ3n) is 3.08. The number of ether oxygens (including phenoxy) is 1. The molecule has 4 heteroatoms. The molecule has 0 spiro atoms. The maximum absolute atomic E-state index is 6.19. The zero-order valence-corrected chi connectivity index (χ0v) is 11.8. The summed E-state index contributed by atoms with van der Waals surface area (Å²) in [5.74, 6) is 0.770. The van der Waals surface area contributed by atoms with Gasteiger partial charge >= 0.3 is 0 Å². The molecule has 0 atom stereocenters. The number of aryl methyl sites for hydroxylation is 1. The third kappa shape index (κ3) is 2.93. The number of para-hydroxylation sites is 1. The van der Waals surface area contributed by atoms with Crippen LogP contribution in [-0.2, 0) is 6.54 Å². The van der Waals surface area contributed by atoms with Gasteiger partial charge in [-0.05, 0) is 30.7 Å². The lowest BCUT2D eigenvalue weighted by molar-refractivity contribution is 0.410. The smallest absolute Gasteiger partial charge is 0.125 e. The molecule has 0 aliphatic heterocycles. The minimum atomic E-state index is 0.566. The Morgan fingerprint density at radius 1 is 1.21 bits per heavy atom. The molecule has 2 aromatic rings. The van der Waals surface area contributed by atoms with Crippen LogP contribution in [0, 0.1) is 6.92 Å². The van der Waals surface area contributed by atoms with E-state index < -0.39 is 0 Å². The number of anilines is 2. The Hall–Kier alpha value is -1.87. The number of nitrogens with two attached hydrogens (primary N) is 1. The summed E-state index contributed by atoms with van der Waals surface area (Å²) >= 11 is 6.19. The lowest BCUT2D eigenvalue weighted by Gasteiger charge is -2.14. The molecule has 0 heterocycles. The summed E-state index contributed by atoms with van der Waals surface area (Å²) in [6.45, 7) is 2.55. The Bertz CT molecular complexity index is 584. The van der Waals surface area contributed by atoms with Crippen molar-refractivity contribution < 1.29 is 4.74 Å². The molecule has 3 N–H and O–H groups in total. The van der Waals surface area contributed by atoms with E-state index in [-0.39, 0.29) is 0 Å². The minimum absolute atomic E-state index is 0.566. The van der Waals surface area contributed by atoms with E-state index in [2.05, 4.69) is 5.32 Å². The number of nitrogen functional groups attached to an aromatic ring is 1. The van der Waals surface area contributed by atoms with Gasteiger partial charge in [0.05, 0.1) is 18.5 Å². The molecule has 0 aliphatic rings. The highest BCUT2D eigenvalue weighted by Gasteiger charge is 2.08. The van der Waals surface area contributed by atoms with Crippen molar-refractivity contribution in [2.45, 2.75) is 13.5 Å². The summed E-state index contributed by atoms with van der Waals surface area (Å²) in [5.41, 5.74) is 9.67. The van der Waals surface area contributed by atoms with Gasteiger partial charge in [-0.1, -0.05) is 29.8 Å². The van der Waals surface area contributed by atoms with Crippen molar-refractivity contribution in [3.63, 3.8) is 0 Å². The lowest BCUT2D eigenvalue weighted by atomic mass is 10.1. The SMILES string of the molecule is COc1cccc(Cl)c1CNc1cccc(C)c1N. The average molecular weight is 277 g/mol. The summed E-state index contributed by atoms with van der Waals surface area (Å²) in [7, 11) is 1.64. The predicted molar refractivity (Wildman–Crippen MR) is 80.9 cm³/mol. The van der Waals surface area contributed by atoms with Crippen LogP contribution in [0.1, 0.15) is 11.1 Å². The molecule has 0 saturated heterocycles. The first-order valence-electron chi connectivity index (χ1n) is 6.04. The Kier molecular flexibility index (Phi) is 4.17. The number of halogens is 1. The first-order valence-corrected chi connectivity index (χ1v) is 6.41. The molecule has 0 amide bonds. The zero-order valence-electron chi connectivity index (χ0n) is 11.0. The monoisotopic (exact) mass is 276 g/mol. The fourth-order valence-electron chi connectivity index (χ4n) is 1.92. The van der Waals surface area contributed by atoms with E-state index in [9.17, 15) is 0 Å². The van der Waals surface area contributed by atoms with Crippen molar-refractivity contribution >= 4 is 23.0 Å². The highest BCUT2D eigenvalue weighted by atomic mass is 35.5. The number of nitrogens with one attached hydrogen (secondary N) is 1. The number of benzene rings is 2. The minimum Gasteiger partial charge on any atom is -0.496 e. The molecule has 2 aromatic carbocycles. The number of hydrogen-bond acceptors (Lipinski definition) is 3. The van der Waals surface area contributed by atoms with Crippen LogP contribution >= 0.6 is 11.6 Å². The van der Waals surface area contributed by atoms with Gasteiger partial charge in [0.25, 0.3) is 0 Å². The molecule has 2 rings (SSSR count). The topological polar surface area (TPSA) is 47.3 Å². The van der Waals surface area contributed by atoms with E-state index in [1.165, 1.54) is 0 Å². The summed E-state index contributed by atoms with van der Waals surface area (Å²) in [6.07, 6.45) is 0. The first-order chi connectivity index (χ1) is 9.13. The quantitative estimate of drug-likeness (QED) is 0.834. The second kappa shape index (κ2) is 5.85. The highest BCUT2D eigenvalue weighted by molar-refractivity contribution is 6.31. The zero-order chi connectivity index (χ0) is 13.8. The van der Waals surface area contributed by atoms with Crippen LogP contribution in [0.25, 0.3) is 0 Å². The predicted octanol–water partition coefficient (Wildman–Crippen LogP) is 3.85. The molecule has 0 radical (unpaired) electrons. The summed E-state index contributed by atoms with van der Waals surface area (Å²) in [6, 6.07) is 11.5. The van der Waals surface area contributed by atoms with E-state index in [1.807, 2.05) is 43.3 Å². The van der Waals surface area contributed by atoms with E-state index in [1.54, 1.807) is 7.11 Å². The van der Waals surface area contributed by atoms with Gasteiger partial charge in [0.1, 0.15) is 5.75 Å². The van der Waals surface area contributed by atoms with Crippen LogP contribution in [0.5, 0.6) is 5.75 Å². The summed E-state index contributed by atoms with van der Waals surface area (Å²) in [5, 5.41) is 3.97. The van der Waals surface area contributed by atoms with Gasteiger partial charge in [0, 0.05) is 17.1 Å². The van der Waals surface area contributed by atoms with E-state index >= 15 is 0 Å². The molecule has 100 valence electrons.